The van der Waals surface area contributed by atoms with Crippen LogP contribution in [0.15, 0.2) is 5.38 Å². The van der Waals surface area contributed by atoms with Gasteiger partial charge in [0.25, 0.3) is 0 Å². The minimum atomic E-state index is -0.396. The zero-order valence-electron chi connectivity index (χ0n) is 10.1. The van der Waals surface area contributed by atoms with Gasteiger partial charge in [0.15, 0.2) is 0 Å². The standard InChI is InChI=1S/C12H14N2O2S2/c1-8-13-9(6-18-8)5-14-10(15)4-12(11(14)16)2-3-17-7-12/h6H,2-5,7H2,1H3. The van der Waals surface area contributed by atoms with E-state index in [1.54, 1.807) is 23.1 Å². The van der Waals surface area contributed by atoms with Gasteiger partial charge in [0.1, 0.15) is 0 Å². The topological polar surface area (TPSA) is 50.3 Å². The lowest BCUT2D eigenvalue weighted by atomic mass is 9.86. The van der Waals surface area contributed by atoms with Crippen molar-refractivity contribution in [1.82, 2.24) is 9.88 Å². The molecule has 3 heterocycles. The first-order valence-electron chi connectivity index (χ1n) is 5.94. The molecule has 3 rings (SSSR count). The summed E-state index contributed by atoms with van der Waals surface area (Å²) in [7, 11) is 0. The van der Waals surface area contributed by atoms with Crippen molar-refractivity contribution >= 4 is 34.9 Å². The minimum Gasteiger partial charge on any atom is -0.276 e. The summed E-state index contributed by atoms with van der Waals surface area (Å²) in [4.78, 5) is 30.2. The number of rotatable bonds is 2. The number of imide groups is 1. The van der Waals surface area contributed by atoms with Gasteiger partial charge in [0, 0.05) is 17.6 Å². The minimum absolute atomic E-state index is 0.0168. The van der Waals surface area contributed by atoms with E-state index in [1.165, 1.54) is 4.90 Å². The maximum atomic E-state index is 12.4. The fourth-order valence-electron chi connectivity index (χ4n) is 2.58. The first-order chi connectivity index (χ1) is 8.61. The normalized spacial score (nSPS) is 27.7. The van der Waals surface area contributed by atoms with Gasteiger partial charge in [-0.3, -0.25) is 14.5 Å². The number of nitrogens with zero attached hydrogens (tertiary/aromatic N) is 2. The van der Waals surface area contributed by atoms with E-state index >= 15 is 0 Å². The van der Waals surface area contributed by atoms with Crippen molar-refractivity contribution in [3.63, 3.8) is 0 Å². The van der Waals surface area contributed by atoms with Gasteiger partial charge in [0.2, 0.25) is 11.8 Å². The quantitative estimate of drug-likeness (QED) is 0.777. The zero-order valence-corrected chi connectivity index (χ0v) is 11.8. The molecule has 2 saturated heterocycles. The largest absolute Gasteiger partial charge is 0.276 e. The second kappa shape index (κ2) is 4.35. The van der Waals surface area contributed by atoms with E-state index in [4.69, 9.17) is 0 Å². The Hall–Kier alpha value is -0.880. The molecule has 1 unspecified atom stereocenters. The van der Waals surface area contributed by atoms with Gasteiger partial charge < -0.3 is 0 Å². The highest BCUT2D eigenvalue weighted by Gasteiger charge is 2.52. The summed E-state index contributed by atoms with van der Waals surface area (Å²) < 4.78 is 0. The third-order valence-corrected chi connectivity index (χ3v) is 5.65. The van der Waals surface area contributed by atoms with Crippen LogP contribution in [0.2, 0.25) is 0 Å². The molecule has 1 atom stereocenters. The van der Waals surface area contributed by atoms with E-state index in [9.17, 15) is 9.59 Å². The van der Waals surface area contributed by atoms with Gasteiger partial charge in [-0.2, -0.15) is 11.8 Å². The van der Waals surface area contributed by atoms with Crippen LogP contribution >= 0.6 is 23.1 Å². The number of likely N-dealkylation sites (tertiary alicyclic amines) is 1. The maximum absolute atomic E-state index is 12.4. The Morgan fingerprint density at radius 3 is 2.94 bits per heavy atom. The van der Waals surface area contributed by atoms with Crippen molar-refractivity contribution in [2.75, 3.05) is 11.5 Å². The zero-order chi connectivity index (χ0) is 12.8. The van der Waals surface area contributed by atoms with Crippen molar-refractivity contribution in [2.24, 2.45) is 5.41 Å². The van der Waals surface area contributed by atoms with Crippen LogP contribution in [0, 0.1) is 12.3 Å². The molecule has 0 N–H and O–H groups in total. The number of carbonyl (C=O) groups is 2. The molecule has 1 spiro atoms. The number of hydrogen-bond acceptors (Lipinski definition) is 5. The molecule has 96 valence electrons. The van der Waals surface area contributed by atoms with E-state index in [0.29, 0.717) is 13.0 Å². The van der Waals surface area contributed by atoms with Crippen molar-refractivity contribution in [3.8, 4) is 0 Å². The van der Waals surface area contributed by atoms with Crippen LogP contribution in [-0.2, 0) is 16.1 Å². The number of hydrogen-bond donors (Lipinski definition) is 0. The lowest BCUT2D eigenvalue weighted by Crippen LogP contribution is -2.35. The molecule has 0 radical (unpaired) electrons. The molecule has 4 nitrogen and oxygen atoms in total. The van der Waals surface area contributed by atoms with E-state index in [-0.39, 0.29) is 11.8 Å². The van der Waals surface area contributed by atoms with Gasteiger partial charge in [-0.15, -0.1) is 11.3 Å². The first kappa shape index (κ1) is 12.2. The monoisotopic (exact) mass is 282 g/mol. The maximum Gasteiger partial charge on any atom is 0.237 e. The van der Waals surface area contributed by atoms with Crippen molar-refractivity contribution < 1.29 is 9.59 Å². The Morgan fingerprint density at radius 2 is 2.33 bits per heavy atom. The van der Waals surface area contributed by atoms with E-state index in [1.807, 2.05) is 12.3 Å². The highest BCUT2D eigenvalue weighted by molar-refractivity contribution is 7.99. The number of amides is 2. The molecule has 6 heteroatoms. The molecule has 2 fully saturated rings. The van der Waals surface area contributed by atoms with Crippen molar-refractivity contribution in [1.29, 1.82) is 0 Å². The molecule has 0 aromatic carbocycles. The molecule has 2 aliphatic heterocycles. The third-order valence-electron chi connectivity index (χ3n) is 3.58. The highest BCUT2D eigenvalue weighted by Crippen LogP contribution is 2.45. The molecule has 0 bridgehead atoms. The number of thioether (sulfide) groups is 1. The van der Waals surface area contributed by atoms with Crippen LogP contribution in [-0.4, -0.2) is 33.2 Å². The van der Waals surface area contributed by atoms with E-state index < -0.39 is 5.41 Å². The van der Waals surface area contributed by atoms with Crippen molar-refractivity contribution in [2.45, 2.75) is 26.3 Å². The average molecular weight is 282 g/mol. The second-order valence-corrected chi connectivity index (χ2v) is 7.07. The predicted octanol–water partition coefficient (Wildman–Crippen LogP) is 1.83. The number of thiazole rings is 1. The summed E-state index contributed by atoms with van der Waals surface area (Å²) >= 11 is 3.32. The van der Waals surface area contributed by atoms with Crippen molar-refractivity contribution in [3.05, 3.63) is 16.1 Å². The Balaban J connectivity index is 1.80. The van der Waals surface area contributed by atoms with Crippen LogP contribution in [0.1, 0.15) is 23.5 Å². The van der Waals surface area contributed by atoms with Crippen LogP contribution < -0.4 is 0 Å². The summed E-state index contributed by atoms with van der Waals surface area (Å²) in [5.74, 6) is 1.77. The van der Waals surface area contributed by atoms with Gasteiger partial charge in [-0.05, 0) is 19.1 Å². The number of carbonyl (C=O) groups excluding carboxylic acids is 2. The summed E-state index contributed by atoms with van der Waals surface area (Å²) in [6.45, 7) is 2.27. The average Bonchev–Trinajstić information content (AvgIpc) is 2.99. The number of aromatic nitrogens is 1. The van der Waals surface area contributed by atoms with Crippen LogP contribution in [0.4, 0.5) is 0 Å². The molecule has 2 amide bonds. The Morgan fingerprint density at radius 1 is 1.50 bits per heavy atom. The van der Waals surface area contributed by atoms with Crippen LogP contribution in [0.5, 0.6) is 0 Å². The van der Waals surface area contributed by atoms with Crippen LogP contribution in [0.3, 0.4) is 0 Å². The van der Waals surface area contributed by atoms with Gasteiger partial charge in [-0.1, -0.05) is 0 Å². The molecule has 0 aliphatic carbocycles. The van der Waals surface area contributed by atoms with E-state index in [0.717, 1.165) is 28.6 Å². The lowest BCUT2D eigenvalue weighted by Gasteiger charge is -2.19. The third kappa shape index (κ3) is 1.87. The van der Waals surface area contributed by atoms with Gasteiger partial charge >= 0.3 is 0 Å². The predicted molar refractivity (Wildman–Crippen MR) is 71.4 cm³/mol. The SMILES string of the molecule is Cc1nc(CN2C(=O)CC3(CCSC3)C2=O)cs1. The van der Waals surface area contributed by atoms with Crippen LogP contribution in [0.25, 0.3) is 0 Å². The Kier molecular flexibility index (Phi) is 2.94. The molecular formula is C12H14N2O2S2. The molecule has 1 aromatic rings. The molecule has 2 aliphatic rings. The summed E-state index contributed by atoms with van der Waals surface area (Å²) in [6, 6.07) is 0. The molecule has 1 aromatic heterocycles. The molecule has 0 saturated carbocycles. The smallest absolute Gasteiger partial charge is 0.237 e. The number of aryl methyl sites for hydroxylation is 1. The summed E-state index contributed by atoms with van der Waals surface area (Å²) in [5.41, 5.74) is 0.425. The first-order valence-corrected chi connectivity index (χ1v) is 7.98. The Bertz CT molecular complexity index is 506. The summed E-state index contributed by atoms with van der Waals surface area (Å²) in [6.07, 6.45) is 1.23. The fourth-order valence-corrected chi connectivity index (χ4v) is 4.62. The lowest BCUT2D eigenvalue weighted by molar-refractivity contribution is -0.141. The highest BCUT2D eigenvalue weighted by atomic mass is 32.2. The van der Waals surface area contributed by atoms with Gasteiger partial charge in [0.05, 0.1) is 22.7 Å². The summed E-state index contributed by atoms with van der Waals surface area (Å²) in [5, 5.41) is 2.89. The fraction of sp³-hybridized carbons (Fsp3) is 0.583. The second-order valence-electron chi connectivity index (χ2n) is 4.90. The molecular weight excluding hydrogens is 268 g/mol. The Labute approximate surface area is 114 Å². The van der Waals surface area contributed by atoms with E-state index in [2.05, 4.69) is 4.98 Å². The van der Waals surface area contributed by atoms with Gasteiger partial charge in [-0.25, -0.2) is 4.98 Å². The molecule has 18 heavy (non-hydrogen) atoms.